The van der Waals surface area contributed by atoms with Crippen molar-refractivity contribution in [3.8, 4) is 0 Å². The van der Waals surface area contributed by atoms with Gasteiger partial charge in [-0.2, -0.15) is 0 Å². The Hall–Kier alpha value is -1.65. The normalized spacial score (nSPS) is 9.79. The van der Waals surface area contributed by atoms with Gasteiger partial charge in [-0.05, 0) is 13.0 Å². The van der Waals surface area contributed by atoms with Gasteiger partial charge in [-0.1, -0.05) is 0 Å². The minimum atomic E-state index is -0.806. The minimum absolute atomic E-state index is 0.103. The number of aliphatic carboxylic acids is 1. The zero-order chi connectivity index (χ0) is 10.4. The lowest BCUT2D eigenvalue weighted by Crippen LogP contribution is -2.27. The van der Waals surface area contributed by atoms with E-state index in [1.54, 1.807) is 18.5 Å². The highest BCUT2D eigenvalue weighted by Crippen LogP contribution is 2.04. The maximum Gasteiger partial charge on any atom is 0.305 e. The summed E-state index contributed by atoms with van der Waals surface area (Å²) >= 11 is 0. The van der Waals surface area contributed by atoms with Crippen LogP contribution in [0.2, 0.25) is 0 Å². The van der Waals surface area contributed by atoms with E-state index in [2.05, 4.69) is 9.97 Å². The molecule has 0 unspecified atom stereocenters. The summed E-state index contributed by atoms with van der Waals surface area (Å²) in [5.74, 6) is -0.226. The van der Waals surface area contributed by atoms with Crippen molar-refractivity contribution in [1.29, 1.82) is 0 Å². The minimum Gasteiger partial charge on any atom is -0.481 e. The van der Waals surface area contributed by atoms with Crippen LogP contribution in [0.4, 0.5) is 5.95 Å². The predicted octanol–water partition coefficient (Wildman–Crippen LogP) is 0.778. The Bertz CT molecular complexity index is 289. The van der Waals surface area contributed by atoms with Crippen LogP contribution in [0.15, 0.2) is 18.5 Å². The first-order valence-electron chi connectivity index (χ1n) is 4.47. The molecule has 14 heavy (non-hydrogen) atoms. The number of hydrogen-bond donors (Lipinski definition) is 1. The van der Waals surface area contributed by atoms with Crippen molar-refractivity contribution in [3.05, 3.63) is 18.5 Å². The van der Waals surface area contributed by atoms with Crippen molar-refractivity contribution in [2.75, 3.05) is 18.0 Å². The first-order chi connectivity index (χ1) is 6.74. The maximum absolute atomic E-state index is 10.4. The van der Waals surface area contributed by atoms with Crippen molar-refractivity contribution in [2.45, 2.75) is 13.3 Å². The molecule has 0 fully saturated rings. The van der Waals surface area contributed by atoms with Crippen LogP contribution in [0, 0.1) is 0 Å². The van der Waals surface area contributed by atoms with Gasteiger partial charge in [0.05, 0.1) is 6.42 Å². The molecule has 0 radical (unpaired) electrons. The van der Waals surface area contributed by atoms with Gasteiger partial charge in [0.1, 0.15) is 0 Å². The third-order valence-electron chi connectivity index (χ3n) is 1.81. The number of rotatable bonds is 5. The zero-order valence-electron chi connectivity index (χ0n) is 8.05. The van der Waals surface area contributed by atoms with Gasteiger partial charge in [0.15, 0.2) is 0 Å². The van der Waals surface area contributed by atoms with Gasteiger partial charge in [0.2, 0.25) is 5.95 Å². The lowest BCUT2D eigenvalue weighted by atomic mass is 10.4. The van der Waals surface area contributed by atoms with Crippen molar-refractivity contribution >= 4 is 11.9 Å². The molecule has 0 amide bonds. The second kappa shape index (κ2) is 5.16. The van der Waals surface area contributed by atoms with Crippen LogP contribution in [0.25, 0.3) is 0 Å². The molecule has 1 rings (SSSR count). The molecule has 0 saturated carbocycles. The first-order valence-corrected chi connectivity index (χ1v) is 4.47. The summed E-state index contributed by atoms with van der Waals surface area (Å²) in [6.45, 7) is 3.09. The Morgan fingerprint density at radius 1 is 1.50 bits per heavy atom. The molecule has 5 nitrogen and oxygen atoms in total. The standard InChI is InChI=1S/C9H13N3O2/c1-2-12(7-4-8(13)14)9-10-5-3-6-11-9/h3,5-6H,2,4,7H2,1H3,(H,13,14). The number of carboxylic acid groups (broad SMARTS) is 1. The number of hydrogen-bond acceptors (Lipinski definition) is 4. The van der Waals surface area contributed by atoms with Crippen LogP contribution in [0.1, 0.15) is 13.3 Å². The van der Waals surface area contributed by atoms with Crippen LogP contribution in [-0.4, -0.2) is 34.1 Å². The number of carbonyl (C=O) groups is 1. The lowest BCUT2D eigenvalue weighted by molar-refractivity contribution is -0.136. The predicted molar refractivity (Wildman–Crippen MR) is 52.2 cm³/mol. The summed E-state index contributed by atoms with van der Waals surface area (Å²) in [4.78, 5) is 20.3. The van der Waals surface area contributed by atoms with E-state index in [0.717, 1.165) is 0 Å². The second-order valence-electron chi connectivity index (χ2n) is 2.77. The molecule has 0 atom stereocenters. The van der Waals surface area contributed by atoms with Crippen LogP contribution in [0.5, 0.6) is 0 Å². The fraction of sp³-hybridized carbons (Fsp3) is 0.444. The molecule has 1 aromatic heterocycles. The van der Waals surface area contributed by atoms with Crippen LogP contribution < -0.4 is 4.90 Å². The van der Waals surface area contributed by atoms with Crippen molar-refractivity contribution in [1.82, 2.24) is 9.97 Å². The smallest absolute Gasteiger partial charge is 0.305 e. The summed E-state index contributed by atoms with van der Waals surface area (Å²) in [7, 11) is 0. The second-order valence-corrected chi connectivity index (χ2v) is 2.77. The highest BCUT2D eigenvalue weighted by Gasteiger charge is 2.07. The van der Waals surface area contributed by atoms with E-state index in [0.29, 0.717) is 19.0 Å². The van der Waals surface area contributed by atoms with E-state index in [1.165, 1.54) is 0 Å². The van der Waals surface area contributed by atoms with Crippen LogP contribution in [-0.2, 0) is 4.79 Å². The number of nitrogens with zero attached hydrogens (tertiary/aromatic N) is 3. The van der Waals surface area contributed by atoms with Gasteiger partial charge < -0.3 is 10.0 Å². The molecule has 1 heterocycles. The van der Waals surface area contributed by atoms with E-state index in [9.17, 15) is 4.79 Å². The number of aromatic nitrogens is 2. The van der Waals surface area contributed by atoms with Crippen molar-refractivity contribution in [3.63, 3.8) is 0 Å². The Labute approximate surface area is 82.4 Å². The van der Waals surface area contributed by atoms with Gasteiger partial charge in [0, 0.05) is 25.5 Å². The number of anilines is 1. The molecule has 0 spiro atoms. The van der Waals surface area contributed by atoms with Crippen molar-refractivity contribution in [2.24, 2.45) is 0 Å². The average Bonchev–Trinajstić information content (AvgIpc) is 2.20. The van der Waals surface area contributed by atoms with E-state index in [4.69, 9.17) is 5.11 Å². The Kier molecular flexibility index (Phi) is 3.84. The fourth-order valence-electron chi connectivity index (χ4n) is 1.08. The zero-order valence-corrected chi connectivity index (χ0v) is 8.05. The molecule has 0 aliphatic rings. The Morgan fingerprint density at radius 3 is 2.64 bits per heavy atom. The maximum atomic E-state index is 10.4. The summed E-state index contributed by atoms with van der Waals surface area (Å²) < 4.78 is 0. The monoisotopic (exact) mass is 195 g/mol. The quantitative estimate of drug-likeness (QED) is 0.752. The third kappa shape index (κ3) is 3.01. The molecule has 0 aromatic carbocycles. The topological polar surface area (TPSA) is 66.3 Å². The molecular formula is C9H13N3O2. The van der Waals surface area contributed by atoms with Gasteiger partial charge in [-0.15, -0.1) is 0 Å². The summed E-state index contributed by atoms with van der Waals surface area (Å²) in [5.41, 5.74) is 0. The van der Waals surface area contributed by atoms with Gasteiger partial charge in [-0.25, -0.2) is 9.97 Å². The Morgan fingerprint density at radius 2 is 2.14 bits per heavy atom. The van der Waals surface area contributed by atoms with E-state index < -0.39 is 5.97 Å². The molecule has 0 saturated heterocycles. The molecule has 0 aliphatic heterocycles. The van der Waals surface area contributed by atoms with E-state index >= 15 is 0 Å². The molecule has 0 bridgehead atoms. The largest absolute Gasteiger partial charge is 0.481 e. The fourth-order valence-corrected chi connectivity index (χ4v) is 1.08. The third-order valence-corrected chi connectivity index (χ3v) is 1.81. The summed E-state index contributed by atoms with van der Waals surface area (Å²) in [6, 6.07) is 1.73. The van der Waals surface area contributed by atoms with Gasteiger partial charge in [-0.3, -0.25) is 4.79 Å². The molecule has 1 N–H and O–H groups in total. The van der Waals surface area contributed by atoms with Crippen LogP contribution in [0.3, 0.4) is 0 Å². The average molecular weight is 195 g/mol. The van der Waals surface area contributed by atoms with Crippen LogP contribution >= 0.6 is 0 Å². The molecule has 1 aromatic rings. The highest BCUT2D eigenvalue weighted by atomic mass is 16.4. The number of carboxylic acids is 1. The van der Waals surface area contributed by atoms with Gasteiger partial charge in [0.25, 0.3) is 0 Å². The molecule has 0 aliphatic carbocycles. The van der Waals surface area contributed by atoms with E-state index in [-0.39, 0.29) is 6.42 Å². The van der Waals surface area contributed by atoms with E-state index in [1.807, 2.05) is 11.8 Å². The lowest BCUT2D eigenvalue weighted by Gasteiger charge is -2.18. The molecule has 5 heteroatoms. The SMILES string of the molecule is CCN(CCC(=O)O)c1ncccn1. The Balaban J connectivity index is 2.58. The first kappa shape index (κ1) is 10.4. The van der Waals surface area contributed by atoms with Gasteiger partial charge >= 0.3 is 5.97 Å². The molecule has 76 valence electrons. The summed E-state index contributed by atoms with van der Waals surface area (Å²) in [6.07, 6.45) is 3.39. The van der Waals surface area contributed by atoms with Crippen molar-refractivity contribution < 1.29 is 9.90 Å². The molecular weight excluding hydrogens is 182 g/mol. The highest BCUT2D eigenvalue weighted by molar-refractivity contribution is 5.67. The summed E-state index contributed by atoms with van der Waals surface area (Å²) in [5, 5.41) is 8.54.